The lowest BCUT2D eigenvalue weighted by Crippen LogP contribution is -2.43. The second-order valence-corrected chi connectivity index (χ2v) is 7.89. The van der Waals surface area contributed by atoms with E-state index in [0.717, 1.165) is 35.3 Å². The van der Waals surface area contributed by atoms with Crippen LogP contribution in [-0.4, -0.2) is 10.2 Å². The molecule has 4 saturated carbocycles. The summed E-state index contributed by atoms with van der Waals surface area (Å²) in [5.41, 5.74) is 8.20. The van der Waals surface area contributed by atoms with Gasteiger partial charge in [0.05, 0.1) is 11.2 Å². The van der Waals surface area contributed by atoms with E-state index in [1.54, 1.807) is 0 Å². The van der Waals surface area contributed by atoms with Crippen molar-refractivity contribution in [3.05, 3.63) is 17.5 Å². The molecule has 1 aromatic heterocycles. The predicted octanol–water partition coefficient (Wildman–Crippen LogP) is 3.14. The highest BCUT2D eigenvalue weighted by Gasteiger charge is 2.49. The Morgan fingerprint density at radius 2 is 1.68 bits per heavy atom. The first-order valence-corrected chi connectivity index (χ1v) is 7.85. The third kappa shape index (κ3) is 1.85. The molecule has 4 aliphatic rings. The predicted molar refractivity (Wildman–Crippen MR) is 75.6 cm³/mol. The molecule has 0 unspecified atom stereocenters. The largest absolute Gasteiger partial charge is 0.321 e. The number of aromatic nitrogens is 2. The third-order valence-electron chi connectivity index (χ3n) is 5.84. The molecule has 3 N–H and O–H groups in total. The zero-order valence-electron chi connectivity index (χ0n) is 12.0. The highest BCUT2D eigenvalue weighted by atomic mass is 15.1. The van der Waals surface area contributed by atoms with Gasteiger partial charge in [0.1, 0.15) is 0 Å². The van der Waals surface area contributed by atoms with Gasteiger partial charge in [-0.25, -0.2) is 0 Å². The van der Waals surface area contributed by atoms with Crippen molar-refractivity contribution in [3.63, 3.8) is 0 Å². The Balaban J connectivity index is 1.64. The van der Waals surface area contributed by atoms with Crippen LogP contribution in [0.1, 0.15) is 63.3 Å². The molecule has 3 heteroatoms. The lowest BCUT2D eigenvalue weighted by molar-refractivity contribution is -0.00417. The van der Waals surface area contributed by atoms with Crippen LogP contribution in [0.4, 0.5) is 0 Å². The van der Waals surface area contributed by atoms with Gasteiger partial charge in [0.25, 0.3) is 0 Å². The van der Waals surface area contributed by atoms with Crippen molar-refractivity contribution < 1.29 is 0 Å². The summed E-state index contributed by atoms with van der Waals surface area (Å²) in [6.45, 7) is 4.06. The molecule has 0 atom stereocenters. The summed E-state index contributed by atoms with van der Waals surface area (Å²) < 4.78 is 0. The van der Waals surface area contributed by atoms with Gasteiger partial charge in [-0.05, 0) is 75.7 Å². The van der Waals surface area contributed by atoms with Crippen molar-refractivity contribution in [2.75, 3.05) is 0 Å². The Labute approximate surface area is 115 Å². The highest BCUT2D eigenvalue weighted by Crippen LogP contribution is 2.59. The van der Waals surface area contributed by atoms with Crippen molar-refractivity contribution in [2.45, 2.75) is 57.4 Å². The number of H-pyrrole nitrogens is 1. The maximum atomic E-state index is 6.16. The van der Waals surface area contributed by atoms with Gasteiger partial charge in [0.2, 0.25) is 0 Å². The van der Waals surface area contributed by atoms with Gasteiger partial charge in [-0.15, -0.1) is 0 Å². The van der Waals surface area contributed by atoms with Crippen LogP contribution in [0.3, 0.4) is 0 Å². The number of nitrogens with two attached hydrogens (primary N) is 1. The monoisotopic (exact) mass is 259 g/mol. The van der Waals surface area contributed by atoms with Gasteiger partial charge in [0.15, 0.2) is 0 Å². The van der Waals surface area contributed by atoms with E-state index >= 15 is 0 Å². The fraction of sp³-hybridized carbons (Fsp3) is 0.812. The summed E-state index contributed by atoms with van der Waals surface area (Å²) >= 11 is 0. The summed E-state index contributed by atoms with van der Waals surface area (Å²) in [4.78, 5) is 0. The highest BCUT2D eigenvalue weighted by molar-refractivity contribution is 5.22. The Bertz CT molecular complexity index is 454. The van der Waals surface area contributed by atoms with E-state index in [2.05, 4.69) is 16.3 Å². The zero-order chi connectivity index (χ0) is 13.2. The lowest BCUT2D eigenvalue weighted by Gasteiger charge is -2.54. The van der Waals surface area contributed by atoms with Crippen molar-refractivity contribution in [1.29, 1.82) is 0 Å². The van der Waals surface area contributed by atoms with Gasteiger partial charge >= 0.3 is 0 Å². The molecule has 0 radical (unpaired) electrons. The van der Waals surface area contributed by atoms with Crippen molar-refractivity contribution in [3.8, 4) is 0 Å². The molecule has 3 nitrogen and oxygen atoms in total. The summed E-state index contributed by atoms with van der Waals surface area (Å²) in [5.74, 6) is 4.62. The van der Waals surface area contributed by atoms with Gasteiger partial charge in [-0.3, -0.25) is 5.10 Å². The average molecular weight is 259 g/mol. The number of rotatable bonds is 2. The molecule has 19 heavy (non-hydrogen) atoms. The minimum atomic E-state index is -0.333. The quantitative estimate of drug-likeness (QED) is 0.857. The third-order valence-corrected chi connectivity index (χ3v) is 5.84. The Kier molecular flexibility index (Phi) is 2.42. The van der Waals surface area contributed by atoms with E-state index in [1.807, 2.05) is 13.8 Å². The number of hydrogen-bond acceptors (Lipinski definition) is 2. The van der Waals surface area contributed by atoms with E-state index < -0.39 is 0 Å². The van der Waals surface area contributed by atoms with Crippen LogP contribution < -0.4 is 5.73 Å². The van der Waals surface area contributed by atoms with Crippen molar-refractivity contribution in [1.82, 2.24) is 10.2 Å². The molecule has 0 spiro atoms. The minimum absolute atomic E-state index is 0.333. The fourth-order valence-corrected chi connectivity index (χ4v) is 5.27. The van der Waals surface area contributed by atoms with Crippen LogP contribution in [0.25, 0.3) is 0 Å². The molecule has 5 rings (SSSR count). The van der Waals surface area contributed by atoms with E-state index in [-0.39, 0.29) is 5.54 Å². The maximum Gasteiger partial charge on any atom is 0.0817 e. The molecule has 1 aromatic rings. The van der Waals surface area contributed by atoms with Gasteiger partial charge < -0.3 is 5.73 Å². The maximum absolute atomic E-state index is 6.16. The molecule has 0 aliphatic heterocycles. The van der Waals surface area contributed by atoms with Gasteiger partial charge in [-0.2, -0.15) is 5.10 Å². The molecular weight excluding hydrogens is 234 g/mol. The van der Waals surface area contributed by atoms with Crippen LogP contribution in [0, 0.1) is 23.7 Å². The lowest BCUT2D eigenvalue weighted by atomic mass is 9.51. The molecule has 0 saturated heterocycles. The van der Waals surface area contributed by atoms with Crippen LogP contribution in [0.2, 0.25) is 0 Å². The molecule has 4 aliphatic carbocycles. The minimum Gasteiger partial charge on any atom is -0.321 e. The Morgan fingerprint density at radius 1 is 1.11 bits per heavy atom. The van der Waals surface area contributed by atoms with Gasteiger partial charge in [0, 0.05) is 11.6 Å². The number of nitrogens with one attached hydrogen (secondary N) is 1. The van der Waals surface area contributed by atoms with Crippen LogP contribution in [0.5, 0.6) is 0 Å². The molecule has 0 amide bonds. The van der Waals surface area contributed by atoms with Crippen LogP contribution in [0.15, 0.2) is 6.07 Å². The normalized spacial score (nSPS) is 40.9. The Hall–Kier alpha value is -0.830. The SMILES string of the molecule is CC(C)(N)c1cc(C2C3CC4CC(C3)CC2C4)[nH]n1. The first-order valence-electron chi connectivity index (χ1n) is 7.85. The molecule has 4 bridgehead atoms. The first kappa shape index (κ1) is 12.0. The summed E-state index contributed by atoms with van der Waals surface area (Å²) in [7, 11) is 0. The van der Waals surface area contributed by atoms with Crippen LogP contribution >= 0.6 is 0 Å². The summed E-state index contributed by atoms with van der Waals surface area (Å²) in [6.07, 6.45) is 7.34. The second-order valence-electron chi connectivity index (χ2n) is 7.89. The Morgan fingerprint density at radius 3 is 2.16 bits per heavy atom. The molecule has 104 valence electrons. The van der Waals surface area contributed by atoms with Crippen molar-refractivity contribution in [2.24, 2.45) is 29.4 Å². The summed E-state index contributed by atoms with van der Waals surface area (Å²) in [5, 5.41) is 7.78. The second kappa shape index (κ2) is 3.85. The topological polar surface area (TPSA) is 54.7 Å². The first-order chi connectivity index (χ1) is 9.00. The molecule has 0 aromatic carbocycles. The van der Waals surface area contributed by atoms with Gasteiger partial charge in [-0.1, -0.05) is 0 Å². The number of hydrogen-bond donors (Lipinski definition) is 2. The van der Waals surface area contributed by atoms with E-state index in [4.69, 9.17) is 5.73 Å². The molecule has 4 fully saturated rings. The smallest absolute Gasteiger partial charge is 0.0817 e. The molecule has 1 heterocycles. The van der Waals surface area contributed by atoms with E-state index in [0.29, 0.717) is 0 Å². The molecular formula is C16H25N3. The van der Waals surface area contributed by atoms with Crippen LogP contribution in [-0.2, 0) is 5.54 Å². The number of nitrogens with zero attached hydrogens (tertiary/aromatic N) is 1. The van der Waals surface area contributed by atoms with E-state index in [1.165, 1.54) is 37.8 Å². The standard InChI is InChI=1S/C16H25N3/c1-16(2,17)14-8-13(18-19-14)15-11-4-9-3-10(6-11)7-12(15)5-9/h8-12,15H,3-7,17H2,1-2H3,(H,18,19). The fourth-order valence-electron chi connectivity index (χ4n) is 5.27. The zero-order valence-corrected chi connectivity index (χ0v) is 12.0. The average Bonchev–Trinajstić information content (AvgIpc) is 2.76. The summed E-state index contributed by atoms with van der Waals surface area (Å²) in [6, 6.07) is 2.24. The van der Waals surface area contributed by atoms with E-state index in [9.17, 15) is 0 Å². The van der Waals surface area contributed by atoms with Crippen molar-refractivity contribution >= 4 is 0 Å². The number of aromatic amines is 1.